The molecule has 4 heterocycles. The van der Waals surface area contributed by atoms with Crippen molar-refractivity contribution in [3.8, 4) is 0 Å². The first-order valence-corrected chi connectivity index (χ1v) is 8.04. The van der Waals surface area contributed by atoms with E-state index in [2.05, 4.69) is 25.3 Å². The average molecular weight is 388 g/mol. The van der Waals surface area contributed by atoms with Crippen molar-refractivity contribution in [2.45, 2.75) is 6.92 Å². The maximum Gasteiger partial charge on any atom is 0.228 e. The molecule has 138 valence electrons. The van der Waals surface area contributed by atoms with Crippen LogP contribution in [0.15, 0.2) is 6.20 Å². The lowest BCUT2D eigenvalue weighted by molar-refractivity contribution is -0.137. The van der Waals surface area contributed by atoms with Gasteiger partial charge >= 0.3 is 0 Å². The number of anilines is 1. The van der Waals surface area contributed by atoms with Crippen LogP contribution in [-0.4, -0.2) is 69.8 Å². The van der Waals surface area contributed by atoms with Crippen molar-refractivity contribution in [1.82, 2.24) is 30.0 Å². The largest absolute Gasteiger partial charge is 0.352 e. The van der Waals surface area contributed by atoms with E-state index in [4.69, 9.17) is 0 Å². The Morgan fingerprint density at radius 2 is 1.84 bits per heavy atom. The summed E-state index contributed by atoms with van der Waals surface area (Å²) in [6.45, 7) is 6.64. The van der Waals surface area contributed by atoms with E-state index < -0.39 is 0 Å². The molecule has 2 aliphatic heterocycles. The Balaban J connectivity index is 0.00000113. The van der Waals surface area contributed by atoms with E-state index in [1.165, 1.54) is 0 Å². The van der Waals surface area contributed by atoms with Crippen molar-refractivity contribution in [3.05, 3.63) is 12.0 Å². The van der Waals surface area contributed by atoms with Gasteiger partial charge in [-0.05, 0) is 6.92 Å². The zero-order valence-electron chi connectivity index (χ0n) is 14.3. The van der Waals surface area contributed by atoms with Crippen LogP contribution in [0.3, 0.4) is 0 Å². The summed E-state index contributed by atoms with van der Waals surface area (Å²) in [6, 6.07) is 0. The van der Waals surface area contributed by atoms with Gasteiger partial charge in [0, 0.05) is 46.3 Å². The van der Waals surface area contributed by atoms with E-state index >= 15 is 0 Å². The fourth-order valence-corrected chi connectivity index (χ4v) is 3.21. The van der Waals surface area contributed by atoms with Gasteiger partial charge in [-0.3, -0.25) is 9.48 Å². The third-order valence-corrected chi connectivity index (χ3v) is 4.71. The number of halogens is 2. The summed E-state index contributed by atoms with van der Waals surface area (Å²) in [7, 11) is 1.89. The number of carbonyl (C=O) groups excluding carboxylic acids is 1. The number of hydrogen-bond acceptors (Lipinski definition) is 6. The van der Waals surface area contributed by atoms with E-state index in [1.54, 1.807) is 4.68 Å². The predicted molar refractivity (Wildman–Crippen MR) is 101 cm³/mol. The van der Waals surface area contributed by atoms with Crippen LogP contribution in [0.4, 0.5) is 5.82 Å². The van der Waals surface area contributed by atoms with Crippen LogP contribution in [0.5, 0.6) is 0 Å². The molecule has 2 aliphatic rings. The van der Waals surface area contributed by atoms with Gasteiger partial charge in [0.1, 0.15) is 11.6 Å². The lowest BCUT2D eigenvalue weighted by Gasteiger charge is -2.39. The summed E-state index contributed by atoms with van der Waals surface area (Å²) in [5, 5.41) is 8.43. The third kappa shape index (κ3) is 3.51. The Labute approximate surface area is 158 Å². The van der Waals surface area contributed by atoms with Gasteiger partial charge in [0.05, 0.1) is 17.5 Å². The molecule has 0 bridgehead atoms. The molecule has 0 saturated carbocycles. The first kappa shape index (κ1) is 19.7. The van der Waals surface area contributed by atoms with Crippen LogP contribution in [0, 0.1) is 12.8 Å². The van der Waals surface area contributed by atoms with Gasteiger partial charge in [-0.1, -0.05) is 0 Å². The molecule has 2 aromatic rings. The molecule has 0 spiro atoms. The minimum absolute atomic E-state index is 0. The first-order valence-electron chi connectivity index (χ1n) is 8.04. The molecule has 2 aromatic heterocycles. The maximum absolute atomic E-state index is 12.3. The van der Waals surface area contributed by atoms with Crippen molar-refractivity contribution in [3.63, 3.8) is 0 Å². The number of aryl methyl sites for hydroxylation is 2. The molecule has 0 unspecified atom stereocenters. The number of hydrogen-bond donors (Lipinski definition) is 1. The standard InChI is InChI=1S/C15H21N7O.2ClH/c1-10-18-13-12(9-17-20(13)2)14(19-10)21-3-5-22(6-4-21)15(23)11-7-16-8-11;;/h9,11,16H,3-8H2,1-2H3;2*1H. The quantitative estimate of drug-likeness (QED) is 0.802. The van der Waals surface area contributed by atoms with Crippen LogP contribution in [0.2, 0.25) is 0 Å². The van der Waals surface area contributed by atoms with Gasteiger partial charge in [-0.2, -0.15) is 5.10 Å². The van der Waals surface area contributed by atoms with Gasteiger partial charge in [-0.15, -0.1) is 24.8 Å². The lowest BCUT2D eigenvalue weighted by atomic mass is 10.0. The van der Waals surface area contributed by atoms with Gasteiger partial charge in [-0.25, -0.2) is 9.97 Å². The van der Waals surface area contributed by atoms with Gasteiger partial charge in [0.2, 0.25) is 5.91 Å². The number of amides is 1. The molecule has 8 nitrogen and oxygen atoms in total. The molecule has 0 aromatic carbocycles. The minimum Gasteiger partial charge on any atom is -0.352 e. The molecular weight excluding hydrogens is 365 g/mol. The van der Waals surface area contributed by atoms with Crippen LogP contribution >= 0.6 is 24.8 Å². The molecular formula is C15H23Cl2N7O. The summed E-state index contributed by atoms with van der Waals surface area (Å²) in [5.74, 6) is 2.13. The smallest absolute Gasteiger partial charge is 0.228 e. The number of aromatic nitrogens is 4. The van der Waals surface area contributed by atoms with E-state index in [0.717, 1.165) is 61.9 Å². The Morgan fingerprint density at radius 1 is 1.16 bits per heavy atom. The van der Waals surface area contributed by atoms with E-state index in [0.29, 0.717) is 0 Å². The zero-order valence-corrected chi connectivity index (χ0v) is 15.9. The molecule has 25 heavy (non-hydrogen) atoms. The second kappa shape index (κ2) is 7.72. The molecule has 0 atom stereocenters. The highest BCUT2D eigenvalue weighted by Gasteiger charge is 2.31. The summed E-state index contributed by atoms with van der Waals surface area (Å²) in [4.78, 5) is 25.6. The van der Waals surface area contributed by atoms with Crippen molar-refractivity contribution in [1.29, 1.82) is 0 Å². The number of nitrogens with one attached hydrogen (secondary N) is 1. The van der Waals surface area contributed by atoms with Crippen molar-refractivity contribution >= 4 is 47.6 Å². The number of fused-ring (bicyclic) bond motifs is 1. The summed E-state index contributed by atoms with van der Waals surface area (Å²) in [6.07, 6.45) is 1.82. The Kier molecular flexibility index (Phi) is 6.08. The van der Waals surface area contributed by atoms with E-state index in [-0.39, 0.29) is 36.6 Å². The average Bonchev–Trinajstić information content (AvgIpc) is 2.86. The van der Waals surface area contributed by atoms with E-state index in [9.17, 15) is 4.79 Å². The molecule has 1 N–H and O–H groups in total. The van der Waals surface area contributed by atoms with Crippen molar-refractivity contribution < 1.29 is 4.79 Å². The Hall–Kier alpha value is -1.64. The molecule has 10 heteroatoms. The Morgan fingerprint density at radius 3 is 2.44 bits per heavy atom. The van der Waals surface area contributed by atoms with Gasteiger partial charge in [0.25, 0.3) is 0 Å². The number of nitrogens with zero attached hydrogens (tertiary/aromatic N) is 6. The predicted octanol–water partition coefficient (Wildman–Crippen LogP) is 0.383. The lowest BCUT2D eigenvalue weighted by Crippen LogP contribution is -2.56. The molecule has 4 rings (SSSR count). The van der Waals surface area contributed by atoms with Gasteiger partial charge < -0.3 is 15.1 Å². The van der Waals surface area contributed by atoms with Gasteiger partial charge in [0.15, 0.2) is 5.65 Å². The molecule has 1 amide bonds. The zero-order chi connectivity index (χ0) is 16.0. The first-order chi connectivity index (χ1) is 11.1. The number of piperazine rings is 1. The topological polar surface area (TPSA) is 79.2 Å². The molecule has 0 radical (unpaired) electrons. The van der Waals surface area contributed by atoms with Crippen molar-refractivity contribution in [2.75, 3.05) is 44.2 Å². The van der Waals surface area contributed by atoms with Crippen LogP contribution in [0.25, 0.3) is 11.0 Å². The fourth-order valence-electron chi connectivity index (χ4n) is 3.21. The second-order valence-corrected chi connectivity index (χ2v) is 6.27. The summed E-state index contributed by atoms with van der Waals surface area (Å²) >= 11 is 0. The maximum atomic E-state index is 12.3. The SMILES string of the molecule is Cc1nc(N2CCN(C(=O)C3CNC3)CC2)c2cnn(C)c2n1.Cl.Cl. The highest BCUT2D eigenvalue weighted by molar-refractivity contribution is 5.87. The Bertz CT molecular complexity index is 754. The molecule has 0 aliphatic carbocycles. The summed E-state index contributed by atoms with van der Waals surface area (Å²) < 4.78 is 1.77. The number of carbonyl (C=O) groups is 1. The monoisotopic (exact) mass is 387 g/mol. The minimum atomic E-state index is 0. The van der Waals surface area contributed by atoms with Crippen molar-refractivity contribution in [2.24, 2.45) is 13.0 Å². The summed E-state index contributed by atoms with van der Waals surface area (Å²) in [5.41, 5.74) is 0.853. The fraction of sp³-hybridized carbons (Fsp3) is 0.600. The van der Waals surface area contributed by atoms with E-state index in [1.807, 2.05) is 25.1 Å². The number of rotatable bonds is 2. The van der Waals surface area contributed by atoms with Crippen LogP contribution in [-0.2, 0) is 11.8 Å². The van der Waals surface area contributed by atoms with Crippen LogP contribution in [0.1, 0.15) is 5.82 Å². The normalized spacial score (nSPS) is 17.7. The van der Waals surface area contributed by atoms with Crippen LogP contribution < -0.4 is 10.2 Å². The third-order valence-electron chi connectivity index (χ3n) is 4.71. The highest BCUT2D eigenvalue weighted by atomic mass is 35.5. The second-order valence-electron chi connectivity index (χ2n) is 6.27. The molecule has 2 saturated heterocycles. The molecule has 2 fully saturated rings. The highest BCUT2D eigenvalue weighted by Crippen LogP contribution is 2.24.